The molecule has 0 aromatic carbocycles. The quantitative estimate of drug-likeness (QED) is 0.709. The van der Waals surface area contributed by atoms with Gasteiger partial charge in [0.25, 0.3) is 0 Å². The van der Waals surface area contributed by atoms with E-state index in [-0.39, 0.29) is 0 Å². The second kappa shape index (κ2) is 7.44. The van der Waals surface area contributed by atoms with Crippen LogP contribution in [0.1, 0.15) is 22.9 Å². The molecule has 0 atom stereocenters. The summed E-state index contributed by atoms with van der Waals surface area (Å²) in [5.74, 6) is 2.58. The molecule has 0 unspecified atom stereocenters. The van der Waals surface area contributed by atoms with E-state index in [9.17, 15) is 0 Å². The van der Waals surface area contributed by atoms with E-state index in [1.54, 1.807) is 0 Å². The fourth-order valence-corrected chi connectivity index (χ4v) is 3.52. The lowest BCUT2D eigenvalue weighted by Crippen LogP contribution is -2.46. The van der Waals surface area contributed by atoms with Gasteiger partial charge in [-0.1, -0.05) is 6.07 Å². The molecule has 3 aromatic heterocycles. The van der Waals surface area contributed by atoms with Crippen LogP contribution in [-0.2, 0) is 6.54 Å². The van der Waals surface area contributed by atoms with Gasteiger partial charge in [0.15, 0.2) is 5.82 Å². The summed E-state index contributed by atoms with van der Waals surface area (Å²) in [7, 11) is 0. The third-order valence-electron chi connectivity index (χ3n) is 4.85. The molecule has 0 radical (unpaired) electrons. The van der Waals surface area contributed by atoms with Crippen molar-refractivity contribution in [1.29, 1.82) is 0 Å². The fourth-order valence-electron chi connectivity index (χ4n) is 3.52. The number of hydrogen-bond donors (Lipinski definition) is 0. The highest BCUT2D eigenvalue weighted by Crippen LogP contribution is 2.19. The lowest BCUT2D eigenvalue weighted by atomic mass is 10.2. The van der Waals surface area contributed by atoms with Gasteiger partial charge >= 0.3 is 0 Å². The first-order valence-electron chi connectivity index (χ1n) is 9.35. The zero-order valence-electron chi connectivity index (χ0n) is 16.1. The Morgan fingerprint density at radius 2 is 1.70 bits per heavy atom. The Kier molecular flexibility index (Phi) is 4.85. The molecule has 0 bridgehead atoms. The predicted molar refractivity (Wildman–Crippen MR) is 105 cm³/mol. The van der Waals surface area contributed by atoms with Crippen LogP contribution in [-0.4, -0.2) is 55.8 Å². The van der Waals surface area contributed by atoms with Crippen LogP contribution in [0.25, 0.3) is 5.82 Å². The van der Waals surface area contributed by atoms with Crippen LogP contribution in [0.2, 0.25) is 0 Å². The zero-order chi connectivity index (χ0) is 18.8. The highest BCUT2D eigenvalue weighted by atomic mass is 15.3. The molecule has 4 rings (SSSR count). The molecule has 7 heteroatoms. The predicted octanol–water partition coefficient (Wildman–Crippen LogP) is 2.30. The maximum atomic E-state index is 4.67. The number of aryl methyl sites for hydroxylation is 3. The first-order chi connectivity index (χ1) is 13.1. The van der Waals surface area contributed by atoms with Gasteiger partial charge in [-0.3, -0.25) is 9.88 Å². The van der Waals surface area contributed by atoms with Crippen molar-refractivity contribution in [3.8, 4) is 5.82 Å². The van der Waals surface area contributed by atoms with Crippen molar-refractivity contribution in [2.75, 3.05) is 31.1 Å². The summed E-state index contributed by atoms with van der Waals surface area (Å²) in [6.07, 6.45) is 1.86. The van der Waals surface area contributed by atoms with Crippen LogP contribution < -0.4 is 4.90 Å². The maximum absolute atomic E-state index is 4.67. The van der Waals surface area contributed by atoms with Crippen LogP contribution in [0.15, 0.2) is 36.5 Å². The first kappa shape index (κ1) is 17.6. The average molecular weight is 363 g/mol. The summed E-state index contributed by atoms with van der Waals surface area (Å²) in [5.41, 5.74) is 3.20. The fraction of sp³-hybridized carbons (Fsp3) is 0.400. The Bertz CT molecular complexity index is 911. The van der Waals surface area contributed by atoms with Crippen LogP contribution in [0.5, 0.6) is 0 Å². The average Bonchev–Trinajstić information content (AvgIpc) is 3.01. The van der Waals surface area contributed by atoms with Gasteiger partial charge in [-0.05, 0) is 39.0 Å². The zero-order valence-corrected chi connectivity index (χ0v) is 16.1. The molecular weight excluding hydrogens is 338 g/mol. The van der Waals surface area contributed by atoms with Crippen molar-refractivity contribution in [1.82, 2.24) is 29.6 Å². The number of anilines is 1. The standard InChI is InChI=1S/C20H25N7/c1-15-12-16(2)27(24-15)20-13-19(22-17(3)23-20)26-10-8-25(9-11-26)14-18-6-4-5-7-21-18/h4-7,12-13H,8-11,14H2,1-3H3. The van der Waals surface area contributed by atoms with Crippen LogP contribution in [0.4, 0.5) is 5.82 Å². The molecule has 3 aromatic rings. The second-order valence-electron chi connectivity index (χ2n) is 7.05. The third kappa shape index (κ3) is 3.98. The molecule has 27 heavy (non-hydrogen) atoms. The Morgan fingerprint density at radius 1 is 0.926 bits per heavy atom. The first-order valence-corrected chi connectivity index (χ1v) is 9.35. The normalized spacial score (nSPS) is 15.3. The van der Waals surface area contributed by atoms with E-state index in [1.165, 1.54) is 0 Å². The van der Waals surface area contributed by atoms with Gasteiger partial charge in [0.05, 0.1) is 11.4 Å². The molecule has 0 spiro atoms. The van der Waals surface area contributed by atoms with Crippen molar-refractivity contribution >= 4 is 5.82 Å². The lowest BCUT2D eigenvalue weighted by Gasteiger charge is -2.35. The minimum atomic E-state index is 0.769. The Morgan fingerprint density at radius 3 is 2.37 bits per heavy atom. The minimum Gasteiger partial charge on any atom is -0.354 e. The monoisotopic (exact) mass is 363 g/mol. The molecule has 1 saturated heterocycles. The van der Waals surface area contributed by atoms with Gasteiger partial charge in [0.2, 0.25) is 0 Å². The largest absolute Gasteiger partial charge is 0.354 e. The summed E-state index contributed by atoms with van der Waals surface area (Å²) in [5, 5.41) is 4.56. The molecule has 7 nitrogen and oxygen atoms in total. The Labute approximate surface area is 159 Å². The molecular formula is C20H25N7. The lowest BCUT2D eigenvalue weighted by molar-refractivity contribution is 0.246. The van der Waals surface area contributed by atoms with E-state index in [4.69, 9.17) is 0 Å². The number of piperazine rings is 1. The van der Waals surface area contributed by atoms with Gasteiger partial charge in [-0.15, -0.1) is 0 Å². The summed E-state index contributed by atoms with van der Waals surface area (Å²) in [4.78, 5) is 18.5. The van der Waals surface area contributed by atoms with E-state index < -0.39 is 0 Å². The van der Waals surface area contributed by atoms with Crippen molar-refractivity contribution in [2.45, 2.75) is 27.3 Å². The maximum Gasteiger partial charge on any atom is 0.159 e. The Balaban J connectivity index is 1.47. The van der Waals surface area contributed by atoms with E-state index in [2.05, 4.69) is 42.0 Å². The third-order valence-corrected chi connectivity index (χ3v) is 4.85. The molecule has 1 fully saturated rings. The molecule has 0 amide bonds. The molecule has 1 aliphatic rings. The van der Waals surface area contributed by atoms with Crippen molar-refractivity contribution in [3.05, 3.63) is 59.4 Å². The molecule has 0 aliphatic carbocycles. The summed E-state index contributed by atoms with van der Waals surface area (Å²) in [6.45, 7) is 10.8. The van der Waals surface area contributed by atoms with Gasteiger partial charge < -0.3 is 4.90 Å². The minimum absolute atomic E-state index is 0.769. The van der Waals surface area contributed by atoms with E-state index in [0.717, 1.165) is 67.3 Å². The number of aromatic nitrogens is 5. The number of pyridine rings is 1. The topological polar surface area (TPSA) is 63.0 Å². The number of hydrogen-bond acceptors (Lipinski definition) is 6. The smallest absolute Gasteiger partial charge is 0.159 e. The summed E-state index contributed by atoms with van der Waals surface area (Å²) in [6, 6.07) is 10.2. The molecule has 1 aliphatic heterocycles. The molecule has 0 saturated carbocycles. The van der Waals surface area contributed by atoms with Gasteiger partial charge in [-0.2, -0.15) is 5.10 Å². The highest BCUT2D eigenvalue weighted by molar-refractivity contribution is 5.45. The van der Waals surface area contributed by atoms with Crippen molar-refractivity contribution < 1.29 is 0 Å². The summed E-state index contributed by atoms with van der Waals surface area (Å²) >= 11 is 0. The van der Waals surface area contributed by atoms with Gasteiger partial charge in [0.1, 0.15) is 11.6 Å². The molecule has 0 N–H and O–H groups in total. The molecule has 140 valence electrons. The number of nitrogens with zero attached hydrogens (tertiary/aromatic N) is 7. The van der Waals surface area contributed by atoms with Crippen LogP contribution in [0.3, 0.4) is 0 Å². The van der Waals surface area contributed by atoms with E-state index in [1.807, 2.05) is 49.8 Å². The van der Waals surface area contributed by atoms with Crippen LogP contribution in [0, 0.1) is 20.8 Å². The van der Waals surface area contributed by atoms with E-state index in [0.29, 0.717) is 0 Å². The van der Waals surface area contributed by atoms with Crippen molar-refractivity contribution in [2.24, 2.45) is 0 Å². The number of rotatable bonds is 4. The molecule has 4 heterocycles. The van der Waals surface area contributed by atoms with Gasteiger partial charge in [-0.25, -0.2) is 14.6 Å². The second-order valence-corrected chi connectivity index (χ2v) is 7.05. The Hall–Kier alpha value is -2.80. The summed E-state index contributed by atoms with van der Waals surface area (Å²) < 4.78 is 1.89. The SMILES string of the molecule is Cc1cc(C)n(-c2cc(N3CCN(Cc4ccccn4)CC3)nc(C)n2)n1. The van der Waals surface area contributed by atoms with E-state index >= 15 is 0 Å². The van der Waals surface area contributed by atoms with Crippen molar-refractivity contribution in [3.63, 3.8) is 0 Å². The highest BCUT2D eigenvalue weighted by Gasteiger charge is 2.20. The van der Waals surface area contributed by atoms with Gasteiger partial charge in [0, 0.05) is 50.7 Å². The van der Waals surface area contributed by atoms with Crippen LogP contribution >= 0.6 is 0 Å².